The summed E-state index contributed by atoms with van der Waals surface area (Å²) >= 11 is 0. The lowest BCUT2D eigenvalue weighted by molar-refractivity contribution is -0.127. The number of carbonyl (C=O) groups excluding carboxylic acids is 1. The number of rotatable bonds is 6. The van der Waals surface area contributed by atoms with Gasteiger partial charge in [-0.25, -0.2) is 0 Å². The average Bonchev–Trinajstić information content (AvgIpc) is 2.24. The van der Waals surface area contributed by atoms with Gasteiger partial charge in [0.05, 0.1) is 6.61 Å². The molecule has 0 bridgehead atoms. The van der Waals surface area contributed by atoms with E-state index in [9.17, 15) is 4.79 Å². The molecule has 0 spiro atoms. The second-order valence-electron chi connectivity index (χ2n) is 4.14. The topological polar surface area (TPSA) is 96.9 Å². The summed E-state index contributed by atoms with van der Waals surface area (Å²) in [5.74, 6) is -0.413. The van der Waals surface area contributed by atoms with Crippen LogP contribution in [0.1, 0.15) is 27.7 Å². The quantitative estimate of drug-likeness (QED) is 0.265. The van der Waals surface area contributed by atoms with Crippen molar-refractivity contribution in [2.45, 2.75) is 33.7 Å². The highest BCUT2D eigenvalue weighted by atomic mass is 16.5. The van der Waals surface area contributed by atoms with Crippen LogP contribution in [-0.4, -0.2) is 36.2 Å². The molecule has 4 N–H and O–H groups in total. The molecular formula is C10H21N3O3. The molecule has 6 heteroatoms. The molecule has 94 valence electrons. The normalized spacial score (nSPS) is 14.6. The number of nitrogens with one attached hydrogen (secondary N) is 1. The van der Waals surface area contributed by atoms with Crippen molar-refractivity contribution in [1.29, 1.82) is 0 Å². The smallest absolute Gasteiger partial charge is 0.233 e. The van der Waals surface area contributed by atoms with Crippen LogP contribution in [0, 0.1) is 5.41 Å². The summed E-state index contributed by atoms with van der Waals surface area (Å²) in [7, 11) is 0. The zero-order valence-corrected chi connectivity index (χ0v) is 10.3. The Bertz CT molecular complexity index is 264. The molecule has 16 heavy (non-hydrogen) atoms. The van der Waals surface area contributed by atoms with Gasteiger partial charge in [0.25, 0.3) is 0 Å². The largest absolute Gasteiger partial charge is 0.409 e. The minimum atomic E-state index is -1.03. The van der Waals surface area contributed by atoms with Gasteiger partial charge in [-0.1, -0.05) is 5.16 Å². The fourth-order valence-electron chi connectivity index (χ4n) is 0.982. The summed E-state index contributed by atoms with van der Waals surface area (Å²) < 4.78 is 5.17. The first-order chi connectivity index (χ1) is 7.36. The van der Waals surface area contributed by atoms with Gasteiger partial charge in [0.15, 0.2) is 5.84 Å². The Balaban J connectivity index is 4.35. The molecule has 0 saturated carbocycles. The van der Waals surface area contributed by atoms with Crippen LogP contribution in [0.4, 0.5) is 0 Å². The third-order valence-electron chi connectivity index (χ3n) is 2.27. The van der Waals surface area contributed by atoms with Gasteiger partial charge in [-0.15, -0.1) is 0 Å². The maximum atomic E-state index is 11.8. The van der Waals surface area contributed by atoms with Gasteiger partial charge in [-0.2, -0.15) is 0 Å². The Labute approximate surface area is 95.8 Å². The maximum Gasteiger partial charge on any atom is 0.233 e. The van der Waals surface area contributed by atoms with E-state index in [4.69, 9.17) is 15.7 Å². The van der Waals surface area contributed by atoms with E-state index in [1.54, 1.807) is 13.8 Å². The van der Waals surface area contributed by atoms with Gasteiger partial charge in [0.1, 0.15) is 5.41 Å². The number of amides is 1. The van der Waals surface area contributed by atoms with Crippen LogP contribution in [0.2, 0.25) is 0 Å². The van der Waals surface area contributed by atoms with E-state index in [1.807, 2.05) is 13.8 Å². The van der Waals surface area contributed by atoms with Crippen LogP contribution in [0.15, 0.2) is 5.16 Å². The summed E-state index contributed by atoms with van der Waals surface area (Å²) in [6.45, 7) is 7.93. The summed E-state index contributed by atoms with van der Waals surface area (Å²) in [4.78, 5) is 11.8. The van der Waals surface area contributed by atoms with Crippen LogP contribution < -0.4 is 11.1 Å². The lowest BCUT2D eigenvalue weighted by Crippen LogP contribution is -2.49. The molecule has 0 aliphatic heterocycles. The highest BCUT2D eigenvalue weighted by Crippen LogP contribution is 2.15. The van der Waals surface area contributed by atoms with E-state index in [2.05, 4.69) is 10.5 Å². The first kappa shape index (κ1) is 14.7. The Morgan fingerprint density at radius 3 is 2.62 bits per heavy atom. The highest BCUT2D eigenvalue weighted by Gasteiger charge is 2.33. The van der Waals surface area contributed by atoms with E-state index in [1.165, 1.54) is 0 Å². The van der Waals surface area contributed by atoms with Crippen molar-refractivity contribution in [3.8, 4) is 0 Å². The Kier molecular flexibility index (Phi) is 5.81. The van der Waals surface area contributed by atoms with E-state index in [0.29, 0.717) is 13.2 Å². The molecule has 0 heterocycles. The first-order valence-corrected chi connectivity index (χ1v) is 5.23. The van der Waals surface area contributed by atoms with Crippen molar-refractivity contribution >= 4 is 11.7 Å². The molecule has 0 rings (SSSR count). The van der Waals surface area contributed by atoms with Crippen LogP contribution in [0.5, 0.6) is 0 Å². The second kappa shape index (κ2) is 6.32. The molecule has 0 saturated heterocycles. The van der Waals surface area contributed by atoms with E-state index >= 15 is 0 Å². The van der Waals surface area contributed by atoms with Crippen LogP contribution in [0.25, 0.3) is 0 Å². The lowest BCUT2D eigenvalue weighted by atomic mass is 9.90. The molecule has 0 radical (unpaired) electrons. The number of ether oxygens (including phenoxy) is 1. The number of nitrogens with zero attached hydrogens (tertiary/aromatic N) is 1. The minimum absolute atomic E-state index is 0.113. The van der Waals surface area contributed by atoms with E-state index in [0.717, 1.165) is 0 Å². The summed E-state index contributed by atoms with van der Waals surface area (Å²) in [5, 5.41) is 14.1. The first-order valence-electron chi connectivity index (χ1n) is 5.23. The van der Waals surface area contributed by atoms with Gasteiger partial charge < -0.3 is 21.0 Å². The van der Waals surface area contributed by atoms with Crippen molar-refractivity contribution in [2.24, 2.45) is 16.3 Å². The van der Waals surface area contributed by atoms with Crippen LogP contribution in [-0.2, 0) is 9.53 Å². The number of nitrogens with two attached hydrogens (primary N) is 1. The van der Waals surface area contributed by atoms with E-state index < -0.39 is 5.41 Å². The molecule has 1 atom stereocenters. The Morgan fingerprint density at radius 1 is 1.62 bits per heavy atom. The molecule has 0 aromatic carbocycles. The van der Waals surface area contributed by atoms with E-state index in [-0.39, 0.29) is 17.8 Å². The number of hydrogen-bond donors (Lipinski definition) is 3. The van der Waals surface area contributed by atoms with Crippen LogP contribution >= 0.6 is 0 Å². The molecule has 1 amide bonds. The Hall–Kier alpha value is -1.30. The molecule has 6 nitrogen and oxygen atoms in total. The zero-order valence-electron chi connectivity index (χ0n) is 10.3. The second-order valence-corrected chi connectivity index (χ2v) is 4.14. The molecule has 1 unspecified atom stereocenters. The number of carbonyl (C=O) groups is 1. The third-order valence-corrected chi connectivity index (χ3v) is 2.27. The predicted octanol–water partition coefficient (Wildman–Crippen LogP) is 0.300. The summed E-state index contributed by atoms with van der Waals surface area (Å²) in [6.07, 6.45) is 0. The van der Waals surface area contributed by atoms with Gasteiger partial charge in [0.2, 0.25) is 5.91 Å². The number of oxime groups is 1. The average molecular weight is 231 g/mol. The number of hydrogen-bond acceptors (Lipinski definition) is 4. The lowest BCUT2D eigenvalue weighted by Gasteiger charge is -2.24. The Morgan fingerprint density at radius 2 is 2.19 bits per heavy atom. The third kappa shape index (κ3) is 4.06. The fraction of sp³-hybridized carbons (Fsp3) is 0.800. The van der Waals surface area contributed by atoms with Crippen LogP contribution in [0.3, 0.4) is 0 Å². The van der Waals surface area contributed by atoms with Crippen molar-refractivity contribution in [3.05, 3.63) is 0 Å². The standard InChI is InChI=1S/C10H21N3O3/c1-5-16-6-7(2)12-9(14)10(3,4)8(11)13-15/h7,15H,5-6H2,1-4H3,(H2,11,13)(H,12,14). The minimum Gasteiger partial charge on any atom is -0.409 e. The SMILES string of the molecule is CCOCC(C)NC(=O)C(C)(C)C(N)=NO. The predicted molar refractivity (Wildman–Crippen MR) is 61.3 cm³/mol. The maximum absolute atomic E-state index is 11.8. The monoisotopic (exact) mass is 231 g/mol. The van der Waals surface area contributed by atoms with Crippen molar-refractivity contribution < 1.29 is 14.7 Å². The van der Waals surface area contributed by atoms with Gasteiger partial charge >= 0.3 is 0 Å². The molecule has 0 aliphatic rings. The van der Waals surface area contributed by atoms with Crippen molar-refractivity contribution in [3.63, 3.8) is 0 Å². The molecule has 0 aliphatic carbocycles. The van der Waals surface area contributed by atoms with Gasteiger partial charge in [-0.05, 0) is 27.7 Å². The fourth-order valence-corrected chi connectivity index (χ4v) is 0.982. The summed E-state index contributed by atoms with van der Waals surface area (Å²) in [6, 6.07) is -0.113. The molecular weight excluding hydrogens is 210 g/mol. The highest BCUT2D eigenvalue weighted by molar-refractivity contribution is 6.05. The van der Waals surface area contributed by atoms with Gasteiger partial charge in [0, 0.05) is 12.6 Å². The molecule has 0 aromatic heterocycles. The number of amidine groups is 1. The zero-order chi connectivity index (χ0) is 12.8. The van der Waals surface area contributed by atoms with Gasteiger partial charge in [-0.3, -0.25) is 4.79 Å². The summed E-state index contributed by atoms with van der Waals surface area (Å²) in [5.41, 5.74) is 4.40. The van der Waals surface area contributed by atoms with Crippen molar-refractivity contribution in [1.82, 2.24) is 5.32 Å². The van der Waals surface area contributed by atoms with Crippen molar-refractivity contribution in [2.75, 3.05) is 13.2 Å². The molecule has 0 fully saturated rings. The molecule has 0 aromatic rings.